The summed E-state index contributed by atoms with van der Waals surface area (Å²) in [7, 11) is 0. The quantitative estimate of drug-likeness (QED) is 0.520. The van der Waals surface area contributed by atoms with Gasteiger partial charge in [-0.1, -0.05) is 30.3 Å². The van der Waals surface area contributed by atoms with Crippen LogP contribution in [0.25, 0.3) is 11.1 Å². The summed E-state index contributed by atoms with van der Waals surface area (Å²) in [5.74, 6) is 0. The summed E-state index contributed by atoms with van der Waals surface area (Å²) in [6.07, 6.45) is 1.10. The van der Waals surface area contributed by atoms with Crippen LogP contribution in [0.2, 0.25) is 0 Å². The molecule has 0 aliphatic heterocycles. The first kappa shape index (κ1) is 9.65. The summed E-state index contributed by atoms with van der Waals surface area (Å²) in [5, 5.41) is 0. The fourth-order valence-corrected chi connectivity index (χ4v) is 2.72. The molecule has 0 unspecified atom stereocenters. The first-order valence-electron chi connectivity index (χ1n) is 5.86. The number of aryl methyl sites for hydroxylation is 3. The second-order valence-corrected chi connectivity index (χ2v) is 4.88. The lowest BCUT2D eigenvalue weighted by molar-refractivity contribution is 1.23. The van der Waals surface area contributed by atoms with Crippen molar-refractivity contribution in [3.05, 3.63) is 58.1 Å². The van der Waals surface area contributed by atoms with Gasteiger partial charge >= 0.3 is 0 Å². The van der Waals surface area contributed by atoms with Crippen molar-refractivity contribution in [1.29, 1.82) is 0 Å². The fourth-order valence-electron chi connectivity index (χ4n) is 2.72. The van der Waals surface area contributed by atoms with E-state index in [1.165, 1.54) is 38.9 Å². The van der Waals surface area contributed by atoms with Crippen LogP contribution in [0.1, 0.15) is 27.8 Å². The third-order valence-electron chi connectivity index (χ3n) is 3.73. The van der Waals surface area contributed by atoms with Gasteiger partial charge in [0, 0.05) is 0 Å². The Balaban J connectivity index is 2.32. The molecule has 80 valence electrons. The maximum atomic E-state index is 2.35. The highest BCUT2D eigenvalue weighted by atomic mass is 14.2. The van der Waals surface area contributed by atoms with E-state index in [1.807, 2.05) is 0 Å². The molecule has 2 aromatic carbocycles. The molecule has 1 aliphatic rings. The first-order valence-corrected chi connectivity index (χ1v) is 5.86. The standard InChI is InChI=1S/C16H16/c1-10-5-4-6-13-9-14-7-11(2)12(3)8-15(14)16(10)13/h4-8H,9H2,1-3H3. The maximum absolute atomic E-state index is 2.35. The zero-order valence-electron chi connectivity index (χ0n) is 10.1. The predicted molar refractivity (Wildman–Crippen MR) is 68.9 cm³/mol. The molecule has 3 rings (SSSR count). The molecule has 0 saturated heterocycles. The van der Waals surface area contributed by atoms with Crippen LogP contribution >= 0.6 is 0 Å². The SMILES string of the molecule is Cc1cc2c(cc1C)-c1c(C)cccc1C2. The van der Waals surface area contributed by atoms with E-state index in [-0.39, 0.29) is 0 Å². The van der Waals surface area contributed by atoms with Crippen LogP contribution in [0, 0.1) is 20.8 Å². The Morgan fingerprint density at radius 3 is 2.38 bits per heavy atom. The van der Waals surface area contributed by atoms with Crippen LogP contribution in [0.5, 0.6) is 0 Å². The van der Waals surface area contributed by atoms with Gasteiger partial charge in [0.15, 0.2) is 0 Å². The predicted octanol–water partition coefficient (Wildman–Crippen LogP) is 4.18. The zero-order chi connectivity index (χ0) is 11.3. The molecular formula is C16H16. The molecule has 0 heterocycles. The molecule has 2 aromatic rings. The molecule has 0 spiro atoms. The van der Waals surface area contributed by atoms with Gasteiger partial charge in [0.1, 0.15) is 0 Å². The lowest BCUT2D eigenvalue weighted by Gasteiger charge is -2.07. The lowest BCUT2D eigenvalue weighted by Crippen LogP contribution is -1.86. The van der Waals surface area contributed by atoms with Crippen LogP contribution in [0.15, 0.2) is 30.3 Å². The summed E-state index contributed by atoms with van der Waals surface area (Å²) >= 11 is 0. The summed E-state index contributed by atoms with van der Waals surface area (Å²) in [6, 6.07) is 11.3. The van der Waals surface area contributed by atoms with Crippen LogP contribution in [0.3, 0.4) is 0 Å². The highest BCUT2D eigenvalue weighted by Crippen LogP contribution is 2.39. The van der Waals surface area contributed by atoms with E-state index in [9.17, 15) is 0 Å². The highest BCUT2D eigenvalue weighted by molar-refractivity contribution is 5.80. The molecule has 0 saturated carbocycles. The topological polar surface area (TPSA) is 0 Å². The fraction of sp³-hybridized carbons (Fsp3) is 0.250. The molecule has 0 aromatic heterocycles. The molecule has 0 N–H and O–H groups in total. The molecular weight excluding hydrogens is 192 g/mol. The third kappa shape index (κ3) is 1.23. The van der Waals surface area contributed by atoms with E-state index in [2.05, 4.69) is 51.1 Å². The summed E-state index contributed by atoms with van der Waals surface area (Å²) in [5.41, 5.74) is 10.1. The van der Waals surface area contributed by atoms with Crippen molar-refractivity contribution in [3.63, 3.8) is 0 Å². The zero-order valence-corrected chi connectivity index (χ0v) is 10.1. The smallest absolute Gasteiger partial charge is 0.00132 e. The van der Waals surface area contributed by atoms with Gasteiger partial charge in [-0.15, -0.1) is 0 Å². The second kappa shape index (κ2) is 3.21. The average molecular weight is 208 g/mol. The largest absolute Gasteiger partial charge is 0.0617 e. The van der Waals surface area contributed by atoms with Crippen molar-refractivity contribution in [2.24, 2.45) is 0 Å². The van der Waals surface area contributed by atoms with Gasteiger partial charge in [-0.05, 0) is 66.1 Å². The monoisotopic (exact) mass is 208 g/mol. The highest BCUT2D eigenvalue weighted by Gasteiger charge is 2.20. The second-order valence-electron chi connectivity index (χ2n) is 4.88. The van der Waals surface area contributed by atoms with Crippen molar-refractivity contribution >= 4 is 0 Å². The molecule has 0 fully saturated rings. The van der Waals surface area contributed by atoms with Gasteiger partial charge in [0.25, 0.3) is 0 Å². The van der Waals surface area contributed by atoms with Gasteiger partial charge in [-0.25, -0.2) is 0 Å². The summed E-state index contributed by atoms with van der Waals surface area (Å²) in [6.45, 7) is 6.61. The van der Waals surface area contributed by atoms with Crippen molar-refractivity contribution in [2.75, 3.05) is 0 Å². The number of benzene rings is 2. The third-order valence-corrected chi connectivity index (χ3v) is 3.73. The Morgan fingerprint density at radius 1 is 0.812 bits per heavy atom. The minimum absolute atomic E-state index is 1.10. The number of fused-ring (bicyclic) bond motifs is 3. The van der Waals surface area contributed by atoms with E-state index in [1.54, 1.807) is 0 Å². The Morgan fingerprint density at radius 2 is 1.56 bits per heavy atom. The number of hydrogen-bond acceptors (Lipinski definition) is 0. The van der Waals surface area contributed by atoms with Gasteiger partial charge < -0.3 is 0 Å². The van der Waals surface area contributed by atoms with Gasteiger partial charge in [-0.2, -0.15) is 0 Å². The lowest BCUT2D eigenvalue weighted by atomic mass is 9.97. The molecule has 0 nitrogen and oxygen atoms in total. The van der Waals surface area contributed by atoms with Crippen molar-refractivity contribution in [2.45, 2.75) is 27.2 Å². The molecule has 0 amide bonds. The molecule has 0 radical (unpaired) electrons. The van der Waals surface area contributed by atoms with E-state index >= 15 is 0 Å². The maximum Gasteiger partial charge on any atom is -0.00132 e. The van der Waals surface area contributed by atoms with Crippen LogP contribution < -0.4 is 0 Å². The van der Waals surface area contributed by atoms with E-state index in [0.717, 1.165) is 6.42 Å². The van der Waals surface area contributed by atoms with Gasteiger partial charge in [-0.3, -0.25) is 0 Å². The Bertz CT molecular complexity index is 577. The summed E-state index contributed by atoms with van der Waals surface area (Å²) < 4.78 is 0. The molecule has 0 heteroatoms. The number of rotatable bonds is 0. The van der Waals surface area contributed by atoms with E-state index in [4.69, 9.17) is 0 Å². The van der Waals surface area contributed by atoms with Gasteiger partial charge in [0.2, 0.25) is 0 Å². The van der Waals surface area contributed by atoms with Crippen molar-refractivity contribution < 1.29 is 0 Å². The summed E-state index contributed by atoms with van der Waals surface area (Å²) in [4.78, 5) is 0. The number of hydrogen-bond donors (Lipinski definition) is 0. The van der Waals surface area contributed by atoms with Crippen molar-refractivity contribution in [1.82, 2.24) is 0 Å². The average Bonchev–Trinajstić information content (AvgIpc) is 2.58. The van der Waals surface area contributed by atoms with E-state index < -0.39 is 0 Å². The van der Waals surface area contributed by atoms with Crippen LogP contribution in [-0.4, -0.2) is 0 Å². The Labute approximate surface area is 96.9 Å². The van der Waals surface area contributed by atoms with Gasteiger partial charge in [0.05, 0.1) is 0 Å². The van der Waals surface area contributed by atoms with Crippen LogP contribution in [0.4, 0.5) is 0 Å². The Kier molecular flexibility index (Phi) is 1.94. The molecule has 0 atom stereocenters. The molecule has 1 aliphatic carbocycles. The van der Waals surface area contributed by atoms with Crippen molar-refractivity contribution in [3.8, 4) is 11.1 Å². The van der Waals surface area contributed by atoms with E-state index in [0.29, 0.717) is 0 Å². The minimum atomic E-state index is 1.10. The minimum Gasteiger partial charge on any atom is -0.0617 e. The normalized spacial score (nSPS) is 12.4. The Hall–Kier alpha value is -1.56. The molecule has 0 bridgehead atoms. The van der Waals surface area contributed by atoms with Crippen LogP contribution in [-0.2, 0) is 6.42 Å². The first-order chi connectivity index (χ1) is 7.66. The molecule has 16 heavy (non-hydrogen) atoms.